The van der Waals surface area contributed by atoms with E-state index in [1.807, 2.05) is 13.8 Å². The van der Waals surface area contributed by atoms with Crippen LogP contribution in [0.4, 0.5) is 0 Å². The van der Waals surface area contributed by atoms with E-state index in [1.165, 1.54) is 12.5 Å². The second kappa shape index (κ2) is 15.2. The molecule has 0 spiro atoms. The molecule has 9 N–H and O–H groups in total. The van der Waals surface area contributed by atoms with Crippen molar-refractivity contribution in [2.45, 2.75) is 70.1 Å². The first-order valence-corrected chi connectivity index (χ1v) is 12.6. The summed E-state index contributed by atoms with van der Waals surface area (Å²) in [5.41, 5.74) is 12.6. The van der Waals surface area contributed by atoms with Crippen LogP contribution in [0.1, 0.15) is 44.4 Å². The lowest BCUT2D eigenvalue weighted by atomic mass is 10.0. The number of hydrogen-bond acceptors (Lipinski definition) is 7. The monoisotopic (exact) mass is 543 g/mol. The van der Waals surface area contributed by atoms with Crippen molar-refractivity contribution in [1.29, 1.82) is 0 Å². The fourth-order valence-corrected chi connectivity index (χ4v) is 3.86. The molecule has 39 heavy (non-hydrogen) atoms. The van der Waals surface area contributed by atoms with Gasteiger partial charge in [-0.3, -0.25) is 19.2 Å². The molecule has 4 unspecified atom stereocenters. The number of rotatable bonds is 16. The van der Waals surface area contributed by atoms with E-state index in [0.29, 0.717) is 5.69 Å². The Kier molecular flexibility index (Phi) is 12.1. The Labute approximate surface area is 226 Å². The molecule has 4 atom stereocenters. The highest BCUT2D eigenvalue weighted by Gasteiger charge is 2.31. The number of H-pyrrole nitrogens is 1. The molecule has 13 nitrogen and oxygen atoms in total. The van der Waals surface area contributed by atoms with Crippen molar-refractivity contribution in [3.8, 4) is 0 Å². The van der Waals surface area contributed by atoms with Crippen molar-refractivity contribution in [3.05, 3.63) is 54.1 Å². The standard InChI is InChI=1S/C26H37N7O6/c1-15(2)10-20(25(37)33-21(26(38)39)11-16-6-4-3-5-7-16)32-24(36)19(8-9-22(28)34)31-23(35)18(27)12-17-13-29-14-30-17/h3-7,13-15,18-21H,8-12,27H2,1-2H3,(H2,28,34)(H,29,30)(H,31,35)(H,32,36)(H,33,37)(H,38,39). The molecule has 2 rings (SSSR count). The predicted octanol–water partition coefficient (Wildman–Crippen LogP) is -0.627. The van der Waals surface area contributed by atoms with Gasteiger partial charge >= 0.3 is 5.97 Å². The molecule has 0 aliphatic rings. The molecule has 0 aliphatic carbocycles. The van der Waals surface area contributed by atoms with E-state index in [-0.39, 0.29) is 38.0 Å². The van der Waals surface area contributed by atoms with Crippen LogP contribution >= 0.6 is 0 Å². The Morgan fingerprint density at radius 3 is 2.10 bits per heavy atom. The van der Waals surface area contributed by atoms with Gasteiger partial charge in [0.2, 0.25) is 23.6 Å². The van der Waals surface area contributed by atoms with Crippen LogP contribution in [0.5, 0.6) is 0 Å². The summed E-state index contributed by atoms with van der Waals surface area (Å²) >= 11 is 0. The molecular weight excluding hydrogens is 506 g/mol. The van der Waals surface area contributed by atoms with Crippen molar-refractivity contribution in [3.63, 3.8) is 0 Å². The van der Waals surface area contributed by atoms with E-state index in [1.54, 1.807) is 30.3 Å². The first kappa shape index (κ1) is 31.0. The SMILES string of the molecule is CC(C)CC(NC(=O)C(CCC(N)=O)NC(=O)C(N)Cc1cnc[nH]1)C(=O)NC(Cc1ccccc1)C(=O)O. The quantitative estimate of drug-likeness (QED) is 0.144. The molecule has 1 aromatic heterocycles. The lowest BCUT2D eigenvalue weighted by Gasteiger charge is -2.26. The number of benzene rings is 1. The van der Waals surface area contributed by atoms with Gasteiger partial charge in [0, 0.05) is 31.2 Å². The Hall–Kier alpha value is -4.26. The summed E-state index contributed by atoms with van der Waals surface area (Å²) in [4.78, 5) is 69.0. The van der Waals surface area contributed by atoms with Gasteiger partial charge < -0.3 is 37.5 Å². The first-order valence-electron chi connectivity index (χ1n) is 12.6. The summed E-state index contributed by atoms with van der Waals surface area (Å²) in [5.74, 6) is -4.00. The molecular formula is C26H37N7O6. The molecule has 212 valence electrons. The second-order valence-electron chi connectivity index (χ2n) is 9.73. The molecule has 4 amide bonds. The topological polar surface area (TPSA) is 222 Å². The normalized spacial score (nSPS) is 14.1. The largest absolute Gasteiger partial charge is 0.480 e. The van der Waals surface area contributed by atoms with Gasteiger partial charge in [0.05, 0.1) is 12.4 Å². The van der Waals surface area contributed by atoms with E-state index < -0.39 is 53.8 Å². The summed E-state index contributed by atoms with van der Waals surface area (Å²) in [6, 6.07) is 4.27. The fraction of sp³-hybridized carbons (Fsp3) is 0.462. The van der Waals surface area contributed by atoms with Crippen LogP contribution in [0.15, 0.2) is 42.9 Å². The highest BCUT2D eigenvalue weighted by molar-refractivity contribution is 5.94. The smallest absolute Gasteiger partial charge is 0.326 e. The number of nitrogens with zero attached hydrogens (tertiary/aromatic N) is 1. The summed E-state index contributed by atoms with van der Waals surface area (Å²) in [7, 11) is 0. The number of carbonyl (C=O) groups excluding carboxylic acids is 4. The minimum absolute atomic E-state index is 0.0417. The van der Waals surface area contributed by atoms with Gasteiger partial charge in [0.1, 0.15) is 18.1 Å². The van der Waals surface area contributed by atoms with Gasteiger partial charge in [-0.25, -0.2) is 9.78 Å². The number of nitrogens with one attached hydrogen (secondary N) is 4. The van der Waals surface area contributed by atoms with Crippen LogP contribution in [0.25, 0.3) is 0 Å². The number of carboxylic acid groups (broad SMARTS) is 1. The number of hydrogen-bond donors (Lipinski definition) is 7. The van der Waals surface area contributed by atoms with Crippen molar-refractivity contribution in [2.24, 2.45) is 17.4 Å². The Bertz CT molecular complexity index is 1110. The Morgan fingerprint density at radius 1 is 0.923 bits per heavy atom. The molecule has 0 radical (unpaired) electrons. The van der Waals surface area contributed by atoms with Gasteiger partial charge in [0.15, 0.2) is 0 Å². The maximum absolute atomic E-state index is 13.2. The molecule has 1 aromatic carbocycles. The van der Waals surface area contributed by atoms with Crippen LogP contribution in [0.2, 0.25) is 0 Å². The fourth-order valence-electron chi connectivity index (χ4n) is 3.86. The number of nitrogens with two attached hydrogens (primary N) is 2. The number of carboxylic acids is 1. The summed E-state index contributed by atoms with van der Waals surface area (Å²) < 4.78 is 0. The maximum Gasteiger partial charge on any atom is 0.326 e. The lowest BCUT2D eigenvalue weighted by Crippen LogP contribution is -2.57. The van der Waals surface area contributed by atoms with Crippen LogP contribution in [0, 0.1) is 5.92 Å². The number of aromatic amines is 1. The van der Waals surface area contributed by atoms with Gasteiger partial charge in [0.25, 0.3) is 0 Å². The van der Waals surface area contributed by atoms with E-state index in [4.69, 9.17) is 11.5 Å². The molecule has 0 saturated heterocycles. The third-order valence-corrected chi connectivity index (χ3v) is 5.88. The molecule has 0 bridgehead atoms. The minimum Gasteiger partial charge on any atom is -0.480 e. The number of aliphatic carboxylic acids is 1. The average molecular weight is 544 g/mol. The highest BCUT2D eigenvalue weighted by atomic mass is 16.4. The van der Waals surface area contributed by atoms with Crippen molar-refractivity contribution in [1.82, 2.24) is 25.9 Å². The van der Waals surface area contributed by atoms with Gasteiger partial charge in [-0.2, -0.15) is 0 Å². The van der Waals surface area contributed by atoms with Crippen LogP contribution in [0.3, 0.4) is 0 Å². The predicted molar refractivity (Wildman–Crippen MR) is 142 cm³/mol. The third kappa shape index (κ3) is 10.9. The molecule has 0 saturated carbocycles. The minimum atomic E-state index is -1.22. The molecule has 0 aliphatic heterocycles. The zero-order valence-corrected chi connectivity index (χ0v) is 22.1. The molecule has 2 aromatic rings. The number of aromatic nitrogens is 2. The lowest BCUT2D eigenvalue weighted by molar-refractivity contribution is -0.142. The molecule has 13 heteroatoms. The summed E-state index contributed by atoms with van der Waals surface area (Å²) in [5, 5.41) is 17.3. The van der Waals surface area contributed by atoms with Crippen LogP contribution in [-0.2, 0) is 36.8 Å². The number of carbonyl (C=O) groups is 5. The van der Waals surface area contributed by atoms with Gasteiger partial charge in [-0.05, 0) is 24.3 Å². The molecule has 0 fully saturated rings. The number of imidazole rings is 1. The first-order chi connectivity index (χ1) is 18.5. The third-order valence-electron chi connectivity index (χ3n) is 5.88. The van der Waals surface area contributed by atoms with Crippen LogP contribution in [-0.4, -0.2) is 68.8 Å². The number of amides is 4. The number of primary amides is 1. The zero-order valence-electron chi connectivity index (χ0n) is 22.1. The summed E-state index contributed by atoms with van der Waals surface area (Å²) in [6.45, 7) is 3.68. The van der Waals surface area contributed by atoms with E-state index in [2.05, 4.69) is 25.9 Å². The maximum atomic E-state index is 13.2. The van der Waals surface area contributed by atoms with E-state index >= 15 is 0 Å². The zero-order chi connectivity index (χ0) is 28.9. The second-order valence-corrected chi connectivity index (χ2v) is 9.73. The van der Waals surface area contributed by atoms with Crippen molar-refractivity contribution in [2.75, 3.05) is 0 Å². The van der Waals surface area contributed by atoms with E-state index in [9.17, 15) is 29.1 Å². The van der Waals surface area contributed by atoms with Crippen molar-refractivity contribution >= 4 is 29.6 Å². The van der Waals surface area contributed by atoms with Gasteiger partial charge in [-0.1, -0.05) is 44.2 Å². The molecule has 1 heterocycles. The van der Waals surface area contributed by atoms with Gasteiger partial charge in [-0.15, -0.1) is 0 Å². The average Bonchev–Trinajstić information content (AvgIpc) is 3.38. The van der Waals surface area contributed by atoms with Crippen molar-refractivity contribution < 1.29 is 29.1 Å². The highest BCUT2D eigenvalue weighted by Crippen LogP contribution is 2.09. The Morgan fingerprint density at radius 2 is 1.54 bits per heavy atom. The summed E-state index contributed by atoms with van der Waals surface area (Å²) in [6.07, 6.45) is 3.02. The Balaban J connectivity index is 2.13. The van der Waals surface area contributed by atoms with E-state index in [0.717, 1.165) is 5.56 Å². The van der Waals surface area contributed by atoms with Crippen LogP contribution < -0.4 is 27.4 Å².